The first-order valence-electron chi connectivity index (χ1n) is 6.95. The lowest BCUT2D eigenvalue weighted by Crippen LogP contribution is -2.26. The fraction of sp³-hybridized carbons (Fsp3) is 0. The molecule has 1 aromatic heterocycles. The Labute approximate surface area is 141 Å². The van der Waals surface area contributed by atoms with Crippen LogP contribution < -0.4 is 10.9 Å². The Morgan fingerprint density at radius 2 is 1.92 bits per heavy atom. The topological polar surface area (TPSA) is 64.0 Å². The van der Waals surface area contributed by atoms with Crippen LogP contribution in [0.1, 0.15) is 10.4 Å². The van der Waals surface area contributed by atoms with Crippen molar-refractivity contribution in [3.05, 3.63) is 87.7 Å². The quantitative estimate of drug-likeness (QED) is 0.793. The van der Waals surface area contributed by atoms with Crippen molar-refractivity contribution < 1.29 is 9.18 Å². The van der Waals surface area contributed by atoms with Gasteiger partial charge in [-0.25, -0.2) is 9.37 Å². The maximum absolute atomic E-state index is 13.0. The first kappa shape index (κ1) is 15.9. The standard InChI is InChI=1S/C17H11ClFN3O2/c18-12-3-1-2-11(10-12)16(23)21-15-17(24)22(9-8-20-15)14-6-4-13(19)5-7-14/h1-10H,(H,20,21,23). The second-order valence-electron chi connectivity index (χ2n) is 4.89. The molecule has 1 N–H and O–H groups in total. The molecule has 5 nitrogen and oxygen atoms in total. The molecule has 7 heteroatoms. The highest BCUT2D eigenvalue weighted by molar-refractivity contribution is 6.31. The van der Waals surface area contributed by atoms with Gasteiger partial charge in [-0.1, -0.05) is 17.7 Å². The van der Waals surface area contributed by atoms with Crippen molar-refractivity contribution in [3.8, 4) is 5.69 Å². The smallest absolute Gasteiger partial charge is 0.298 e. The van der Waals surface area contributed by atoms with E-state index in [2.05, 4.69) is 10.3 Å². The molecule has 0 aliphatic rings. The van der Waals surface area contributed by atoms with Gasteiger partial charge in [-0.2, -0.15) is 0 Å². The number of rotatable bonds is 3. The number of benzene rings is 2. The number of anilines is 1. The second kappa shape index (κ2) is 6.64. The van der Waals surface area contributed by atoms with Crippen LogP contribution in [0.4, 0.5) is 10.2 Å². The van der Waals surface area contributed by atoms with E-state index in [1.807, 2.05) is 0 Å². The summed E-state index contributed by atoms with van der Waals surface area (Å²) >= 11 is 5.85. The normalized spacial score (nSPS) is 10.4. The SMILES string of the molecule is O=C(Nc1nccn(-c2ccc(F)cc2)c1=O)c1cccc(Cl)c1. The van der Waals surface area contributed by atoms with E-state index in [9.17, 15) is 14.0 Å². The van der Waals surface area contributed by atoms with E-state index < -0.39 is 17.3 Å². The van der Waals surface area contributed by atoms with E-state index in [-0.39, 0.29) is 5.82 Å². The molecule has 0 aliphatic heterocycles. The number of aromatic nitrogens is 2. The van der Waals surface area contributed by atoms with Crippen molar-refractivity contribution in [2.75, 3.05) is 5.32 Å². The molecule has 0 fully saturated rings. The summed E-state index contributed by atoms with van der Waals surface area (Å²) in [5.74, 6) is -1.04. The largest absolute Gasteiger partial charge is 0.302 e. The predicted octanol–water partition coefficient (Wildman–Crippen LogP) is 3.28. The summed E-state index contributed by atoms with van der Waals surface area (Å²) in [4.78, 5) is 28.6. The predicted molar refractivity (Wildman–Crippen MR) is 89.2 cm³/mol. The third-order valence-corrected chi connectivity index (χ3v) is 3.50. The molecular weight excluding hydrogens is 333 g/mol. The summed E-state index contributed by atoms with van der Waals surface area (Å²) in [5.41, 5.74) is 0.238. The van der Waals surface area contributed by atoms with Gasteiger partial charge in [0.15, 0.2) is 5.82 Å². The molecular formula is C17H11ClFN3O2. The average Bonchev–Trinajstić information content (AvgIpc) is 2.58. The van der Waals surface area contributed by atoms with Crippen LogP contribution in [-0.4, -0.2) is 15.5 Å². The number of hydrogen-bond acceptors (Lipinski definition) is 3. The lowest BCUT2D eigenvalue weighted by molar-refractivity contribution is 0.102. The zero-order valence-electron chi connectivity index (χ0n) is 12.2. The molecule has 0 saturated heterocycles. The van der Waals surface area contributed by atoms with Gasteiger partial charge in [0.25, 0.3) is 11.5 Å². The minimum atomic E-state index is -0.528. The van der Waals surface area contributed by atoms with Gasteiger partial charge in [-0.15, -0.1) is 0 Å². The molecule has 0 bridgehead atoms. The summed E-state index contributed by atoms with van der Waals surface area (Å²) in [5, 5.41) is 2.87. The van der Waals surface area contributed by atoms with E-state index in [1.54, 1.807) is 18.2 Å². The van der Waals surface area contributed by atoms with Gasteiger partial charge in [0.2, 0.25) is 0 Å². The van der Waals surface area contributed by atoms with Crippen LogP contribution in [0.2, 0.25) is 5.02 Å². The molecule has 1 heterocycles. The number of nitrogens with one attached hydrogen (secondary N) is 1. The molecule has 0 unspecified atom stereocenters. The Morgan fingerprint density at radius 3 is 2.62 bits per heavy atom. The van der Waals surface area contributed by atoms with Gasteiger partial charge in [-0.3, -0.25) is 14.2 Å². The van der Waals surface area contributed by atoms with Crippen molar-refractivity contribution in [2.45, 2.75) is 0 Å². The molecule has 0 aliphatic carbocycles. The van der Waals surface area contributed by atoms with Crippen LogP contribution in [0.25, 0.3) is 5.69 Å². The number of amides is 1. The lowest BCUT2D eigenvalue weighted by Gasteiger charge is -2.08. The van der Waals surface area contributed by atoms with E-state index in [1.165, 1.54) is 47.3 Å². The van der Waals surface area contributed by atoms with Gasteiger partial charge in [0, 0.05) is 28.7 Å². The number of halogens is 2. The maximum Gasteiger partial charge on any atom is 0.298 e. The molecule has 0 atom stereocenters. The highest BCUT2D eigenvalue weighted by Crippen LogP contribution is 2.12. The molecule has 24 heavy (non-hydrogen) atoms. The zero-order valence-corrected chi connectivity index (χ0v) is 13.0. The van der Waals surface area contributed by atoms with E-state index in [4.69, 9.17) is 11.6 Å². The van der Waals surface area contributed by atoms with Crippen LogP contribution in [0.3, 0.4) is 0 Å². The van der Waals surface area contributed by atoms with Crippen molar-refractivity contribution >= 4 is 23.3 Å². The third-order valence-electron chi connectivity index (χ3n) is 3.26. The van der Waals surface area contributed by atoms with Crippen LogP contribution in [-0.2, 0) is 0 Å². The first-order chi connectivity index (χ1) is 11.5. The summed E-state index contributed by atoms with van der Waals surface area (Å²) in [7, 11) is 0. The zero-order chi connectivity index (χ0) is 17.1. The maximum atomic E-state index is 13.0. The van der Waals surface area contributed by atoms with Crippen LogP contribution in [0.15, 0.2) is 65.7 Å². The van der Waals surface area contributed by atoms with Crippen LogP contribution in [0.5, 0.6) is 0 Å². The summed E-state index contributed by atoms with van der Waals surface area (Å²) < 4.78 is 14.3. The molecule has 120 valence electrons. The summed E-state index contributed by atoms with van der Waals surface area (Å²) in [6, 6.07) is 11.7. The molecule has 1 amide bonds. The van der Waals surface area contributed by atoms with Crippen molar-refractivity contribution in [2.24, 2.45) is 0 Å². The number of carbonyl (C=O) groups is 1. The fourth-order valence-electron chi connectivity index (χ4n) is 2.11. The Kier molecular flexibility index (Phi) is 4.39. The van der Waals surface area contributed by atoms with Crippen molar-refractivity contribution in [1.82, 2.24) is 9.55 Å². The number of hydrogen-bond donors (Lipinski definition) is 1. The van der Waals surface area contributed by atoms with Gasteiger partial charge in [-0.05, 0) is 42.5 Å². The average molecular weight is 344 g/mol. The van der Waals surface area contributed by atoms with E-state index in [0.717, 1.165) is 0 Å². The summed E-state index contributed by atoms with van der Waals surface area (Å²) in [6.45, 7) is 0. The van der Waals surface area contributed by atoms with E-state index in [0.29, 0.717) is 16.3 Å². The number of nitrogens with zero attached hydrogens (tertiary/aromatic N) is 2. The molecule has 0 saturated carbocycles. The third kappa shape index (κ3) is 3.33. The van der Waals surface area contributed by atoms with Gasteiger partial charge in [0.05, 0.1) is 0 Å². The number of carbonyl (C=O) groups excluding carboxylic acids is 1. The minimum absolute atomic E-state index is 0.133. The van der Waals surface area contributed by atoms with Crippen molar-refractivity contribution in [3.63, 3.8) is 0 Å². The Bertz CT molecular complexity index is 955. The Balaban J connectivity index is 1.92. The summed E-state index contributed by atoms with van der Waals surface area (Å²) in [6.07, 6.45) is 2.81. The first-order valence-corrected chi connectivity index (χ1v) is 7.33. The Morgan fingerprint density at radius 1 is 1.17 bits per heavy atom. The monoisotopic (exact) mass is 343 g/mol. The Hall–Kier alpha value is -2.99. The molecule has 0 spiro atoms. The lowest BCUT2D eigenvalue weighted by atomic mass is 10.2. The van der Waals surface area contributed by atoms with E-state index >= 15 is 0 Å². The van der Waals surface area contributed by atoms with Crippen molar-refractivity contribution in [1.29, 1.82) is 0 Å². The highest BCUT2D eigenvalue weighted by atomic mass is 35.5. The molecule has 0 radical (unpaired) electrons. The highest BCUT2D eigenvalue weighted by Gasteiger charge is 2.12. The van der Waals surface area contributed by atoms with Crippen LogP contribution in [0, 0.1) is 5.82 Å². The molecule has 3 aromatic rings. The van der Waals surface area contributed by atoms with Gasteiger partial charge >= 0.3 is 0 Å². The fourth-order valence-corrected chi connectivity index (χ4v) is 2.30. The second-order valence-corrected chi connectivity index (χ2v) is 5.33. The van der Waals surface area contributed by atoms with Gasteiger partial charge in [0.1, 0.15) is 5.82 Å². The van der Waals surface area contributed by atoms with Crippen LogP contribution >= 0.6 is 11.6 Å². The minimum Gasteiger partial charge on any atom is -0.302 e. The van der Waals surface area contributed by atoms with Gasteiger partial charge < -0.3 is 5.32 Å². The molecule has 3 rings (SSSR count). The molecule has 2 aromatic carbocycles.